The number of aryl methyl sites for hydroxylation is 1. The van der Waals surface area contributed by atoms with E-state index < -0.39 is 0 Å². The lowest BCUT2D eigenvalue weighted by molar-refractivity contribution is -0.118. The molecule has 1 unspecified atom stereocenters. The second-order valence-electron chi connectivity index (χ2n) is 5.54. The molecule has 0 aromatic heterocycles. The zero-order valence-corrected chi connectivity index (χ0v) is 12.6. The zero-order chi connectivity index (χ0) is 15.4. The molecule has 0 saturated carbocycles. The molecular formula is C16H22N2O3. The molecule has 1 aromatic carbocycles. The fourth-order valence-corrected chi connectivity index (χ4v) is 2.57. The molecular weight excluding hydrogens is 268 g/mol. The second kappa shape index (κ2) is 6.72. The van der Waals surface area contributed by atoms with Crippen LogP contribution in [0.5, 0.6) is 0 Å². The van der Waals surface area contributed by atoms with Gasteiger partial charge in [-0.15, -0.1) is 0 Å². The van der Waals surface area contributed by atoms with Crippen LogP contribution >= 0.6 is 0 Å². The Morgan fingerprint density at radius 2 is 2.19 bits per heavy atom. The summed E-state index contributed by atoms with van der Waals surface area (Å²) in [7, 11) is 1.76. The molecule has 0 spiro atoms. The minimum atomic E-state index is -0.109. The van der Waals surface area contributed by atoms with Crippen LogP contribution in [0.1, 0.15) is 42.1 Å². The molecule has 2 rings (SSSR count). The van der Waals surface area contributed by atoms with E-state index in [1.54, 1.807) is 18.0 Å². The van der Waals surface area contributed by atoms with E-state index in [1.165, 1.54) is 0 Å². The zero-order valence-electron chi connectivity index (χ0n) is 12.6. The minimum absolute atomic E-state index is 0.0323. The van der Waals surface area contributed by atoms with E-state index in [0.717, 1.165) is 17.7 Å². The summed E-state index contributed by atoms with van der Waals surface area (Å²) in [6.45, 7) is 2.07. The van der Waals surface area contributed by atoms with E-state index in [2.05, 4.69) is 5.32 Å². The first-order valence-electron chi connectivity index (χ1n) is 7.34. The van der Waals surface area contributed by atoms with Crippen LogP contribution in [0.2, 0.25) is 0 Å². The molecule has 5 nitrogen and oxygen atoms in total. The van der Waals surface area contributed by atoms with Gasteiger partial charge in [0.25, 0.3) is 5.91 Å². The number of hydrogen-bond donors (Lipinski definition) is 2. The Kier molecular flexibility index (Phi) is 4.96. The Bertz CT molecular complexity index is 542. The summed E-state index contributed by atoms with van der Waals surface area (Å²) in [5.74, 6) is 0.000111. The first-order chi connectivity index (χ1) is 10.0. The number of aliphatic hydroxyl groups is 1. The number of carbonyl (C=O) groups is 2. The first kappa shape index (κ1) is 15.5. The topological polar surface area (TPSA) is 69.6 Å². The molecule has 1 aliphatic heterocycles. The predicted molar refractivity (Wildman–Crippen MR) is 81.4 cm³/mol. The van der Waals surface area contributed by atoms with Crippen molar-refractivity contribution < 1.29 is 14.7 Å². The van der Waals surface area contributed by atoms with E-state index >= 15 is 0 Å². The van der Waals surface area contributed by atoms with Crippen molar-refractivity contribution in [1.82, 2.24) is 5.32 Å². The molecule has 21 heavy (non-hydrogen) atoms. The average molecular weight is 290 g/mol. The number of nitrogens with zero attached hydrogens (tertiary/aromatic N) is 1. The molecule has 2 amide bonds. The molecule has 0 saturated heterocycles. The largest absolute Gasteiger partial charge is 0.396 e. The number of fused-ring (bicyclic) bond motifs is 1. The summed E-state index contributed by atoms with van der Waals surface area (Å²) in [6.07, 6.45) is 2.60. The number of benzene rings is 1. The van der Waals surface area contributed by atoms with Crippen molar-refractivity contribution in [1.29, 1.82) is 0 Å². The van der Waals surface area contributed by atoms with Crippen molar-refractivity contribution >= 4 is 17.5 Å². The summed E-state index contributed by atoms with van der Waals surface area (Å²) in [5.41, 5.74) is 2.54. The fourth-order valence-electron chi connectivity index (χ4n) is 2.57. The van der Waals surface area contributed by atoms with Crippen LogP contribution in [0, 0.1) is 0 Å². The lowest BCUT2D eigenvalue weighted by Crippen LogP contribution is -2.34. The van der Waals surface area contributed by atoms with Gasteiger partial charge in [0.05, 0.1) is 0 Å². The van der Waals surface area contributed by atoms with Crippen molar-refractivity contribution in [2.45, 2.75) is 38.6 Å². The van der Waals surface area contributed by atoms with Crippen molar-refractivity contribution in [2.75, 3.05) is 18.6 Å². The Hall–Kier alpha value is -1.88. The quantitative estimate of drug-likeness (QED) is 0.863. The minimum Gasteiger partial charge on any atom is -0.396 e. The Morgan fingerprint density at radius 3 is 2.90 bits per heavy atom. The third-order valence-corrected chi connectivity index (χ3v) is 3.86. The van der Waals surface area contributed by atoms with E-state index in [9.17, 15) is 9.59 Å². The maximum Gasteiger partial charge on any atom is 0.251 e. The lowest BCUT2D eigenvalue weighted by atomic mass is 9.99. The summed E-state index contributed by atoms with van der Waals surface area (Å²) in [5, 5.41) is 11.7. The lowest BCUT2D eigenvalue weighted by Gasteiger charge is -2.26. The molecule has 5 heteroatoms. The highest BCUT2D eigenvalue weighted by Gasteiger charge is 2.22. The van der Waals surface area contributed by atoms with Gasteiger partial charge >= 0.3 is 0 Å². The maximum absolute atomic E-state index is 12.2. The molecule has 0 radical (unpaired) electrons. The molecule has 1 aromatic rings. The molecule has 0 fully saturated rings. The summed E-state index contributed by atoms with van der Waals surface area (Å²) in [4.78, 5) is 25.5. The molecule has 1 aliphatic rings. The van der Waals surface area contributed by atoms with E-state index in [-0.39, 0.29) is 24.5 Å². The van der Waals surface area contributed by atoms with Crippen LogP contribution in [0.3, 0.4) is 0 Å². The van der Waals surface area contributed by atoms with Crippen LogP contribution in [0.15, 0.2) is 18.2 Å². The van der Waals surface area contributed by atoms with Gasteiger partial charge in [0, 0.05) is 37.4 Å². The standard InChI is InChI=1S/C16H22N2O3/c1-11(4-3-9-19)17-16(21)13-5-7-14-12(10-13)6-8-15(20)18(14)2/h5,7,10-11,19H,3-4,6,8-9H2,1-2H3,(H,17,21). The maximum atomic E-state index is 12.2. The second-order valence-corrected chi connectivity index (χ2v) is 5.54. The molecule has 1 heterocycles. The van der Waals surface area contributed by atoms with Crippen LogP contribution in [0.25, 0.3) is 0 Å². The summed E-state index contributed by atoms with van der Waals surface area (Å²) < 4.78 is 0. The third kappa shape index (κ3) is 3.61. The van der Waals surface area contributed by atoms with Gasteiger partial charge in [0.1, 0.15) is 0 Å². The van der Waals surface area contributed by atoms with Gasteiger partial charge < -0.3 is 15.3 Å². The number of hydrogen-bond acceptors (Lipinski definition) is 3. The van der Waals surface area contributed by atoms with E-state index in [4.69, 9.17) is 5.11 Å². The average Bonchev–Trinajstić information content (AvgIpc) is 2.48. The highest BCUT2D eigenvalue weighted by atomic mass is 16.3. The van der Waals surface area contributed by atoms with Crippen molar-refractivity contribution in [2.24, 2.45) is 0 Å². The van der Waals surface area contributed by atoms with Crippen LogP contribution < -0.4 is 10.2 Å². The normalized spacial score (nSPS) is 15.6. The Labute approximate surface area is 125 Å². The number of carbonyl (C=O) groups excluding carboxylic acids is 2. The number of amides is 2. The number of nitrogens with one attached hydrogen (secondary N) is 1. The summed E-state index contributed by atoms with van der Waals surface area (Å²) in [6, 6.07) is 5.48. The molecule has 0 bridgehead atoms. The third-order valence-electron chi connectivity index (χ3n) is 3.86. The first-order valence-corrected chi connectivity index (χ1v) is 7.34. The molecule has 114 valence electrons. The highest BCUT2D eigenvalue weighted by Crippen LogP contribution is 2.27. The predicted octanol–water partition coefficient (Wildman–Crippen LogP) is 1.49. The monoisotopic (exact) mass is 290 g/mol. The van der Waals surface area contributed by atoms with Crippen molar-refractivity contribution in [3.05, 3.63) is 29.3 Å². The van der Waals surface area contributed by atoms with Crippen LogP contribution in [-0.2, 0) is 11.2 Å². The Morgan fingerprint density at radius 1 is 1.43 bits per heavy atom. The van der Waals surface area contributed by atoms with Crippen LogP contribution in [0.4, 0.5) is 5.69 Å². The SMILES string of the molecule is CC(CCCO)NC(=O)c1ccc2c(c1)CCC(=O)N2C. The van der Waals surface area contributed by atoms with E-state index in [0.29, 0.717) is 24.8 Å². The van der Waals surface area contributed by atoms with Gasteiger partial charge in [-0.25, -0.2) is 0 Å². The van der Waals surface area contributed by atoms with Gasteiger partial charge in [-0.1, -0.05) is 0 Å². The fraction of sp³-hybridized carbons (Fsp3) is 0.500. The highest BCUT2D eigenvalue weighted by molar-refractivity contribution is 5.99. The van der Waals surface area contributed by atoms with Gasteiger partial charge in [0.2, 0.25) is 5.91 Å². The van der Waals surface area contributed by atoms with Gasteiger partial charge in [-0.05, 0) is 49.9 Å². The number of anilines is 1. The summed E-state index contributed by atoms with van der Waals surface area (Å²) >= 11 is 0. The van der Waals surface area contributed by atoms with Crippen molar-refractivity contribution in [3.63, 3.8) is 0 Å². The van der Waals surface area contributed by atoms with Crippen LogP contribution in [-0.4, -0.2) is 36.6 Å². The Balaban J connectivity index is 2.08. The molecule has 1 atom stereocenters. The van der Waals surface area contributed by atoms with E-state index in [1.807, 2.05) is 19.1 Å². The smallest absolute Gasteiger partial charge is 0.251 e. The number of aliphatic hydroxyl groups excluding tert-OH is 1. The molecule has 0 aliphatic carbocycles. The molecule has 2 N–H and O–H groups in total. The van der Waals surface area contributed by atoms with Gasteiger partial charge in [-0.2, -0.15) is 0 Å². The number of rotatable bonds is 5. The van der Waals surface area contributed by atoms with Gasteiger partial charge in [-0.3, -0.25) is 9.59 Å². The van der Waals surface area contributed by atoms with Gasteiger partial charge in [0.15, 0.2) is 0 Å². The van der Waals surface area contributed by atoms with Crippen molar-refractivity contribution in [3.8, 4) is 0 Å².